The van der Waals surface area contributed by atoms with E-state index in [1.165, 1.54) is 11.1 Å². The summed E-state index contributed by atoms with van der Waals surface area (Å²) in [6.45, 7) is 12.6. The molecule has 288 valence electrons. The number of benzene rings is 2. The Morgan fingerprint density at radius 1 is 1.11 bits per heavy atom. The molecule has 1 unspecified atom stereocenters. The molecule has 0 radical (unpaired) electrons. The van der Waals surface area contributed by atoms with E-state index in [2.05, 4.69) is 56.5 Å². The van der Waals surface area contributed by atoms with Crippen molar-refractivity contribution >= 4 is 38.8 Å². The lowest BCUT2D eigenvalue weighted by Gasteiger charge is -2.53. The molecular formula is C42H57ClN4O5S. The molecule has 1 spiro atoms. The topological polar surface area (TPSA) is 83.6 Å². The Bertz CT molecular complexity index is 1840. The van der Waals surface area contributed by atoms with Crippen LogP contribution >= 0.6 is 11.6 Å². The van der Waals surface area contributed by atoms with Crippen LogP contribution in [0.15, 0.2) is 48.6 Å². The van der Waals surface area contributed by atoms with Crippen LogP contribution in [-0.4, -0.2) is 115 Å². The molecule has 2 aromatic carbocycles. The number of halogens is 1. The highest BCUT2D eigenvalue weighted by Crippen LogP contribution is 2.49. The van der Waals surface area contributed by atoms with E-state index in [4.69, 9.17) is 25.8 Å². The van der Waals surface area contributed by atoms with Crippen LogP contribution in [0, 0.1) is 17.8 Å². The average molecular weight is 765 g/mol. The molecule has 11 heteroatoms. The van der Waals surface area contributed by atoms with E-state index >= 15 is 0 Å². The number of ether oxygens (including phenoxy) is 3. The molecule has 0 aromatic heterocycles. The number of nitrogens with zero attached hydrogens (tertiary/aromatic N) is 3. The largest absolute Gasteiger partial charge is 0.490 e. The Kier molecular flexibility index (Phi) is 10.4. The van der Waals surface area contributed by atoms with Crippen molar-refractivity contribution in [2.75, 3.05) is 77.6 Å². The van der Waals surface area contributed by atoms with Crippen LogP contribution in [0.4, 0.5) is 5.69 Å². The average Bonchev–Trinajstić information content (AvgIpc) is 3.28. The van der Waals surface area contributed by atoms with Crippen molar-refractivity contribution in [2.24, 2.45) is 17.8 Å². The Morgan fingerprint density at radius 2 is 1.98 bits per heavy atom. The van der Waals surface area contributed by atoms with Gasteiger partial charge in [-0.05, 0) is 111 Å². The van der Waals surface area contributed by atoms with Crippen LogP contribution < -0.4 is 14.4 Å². The molecule has 6 aliphatic rings. The maximum absolute atomic E-state index is 14.1. The minimum atomic E-state index is -2.96. The number of carbonyl (C=O) groups is 1. The summed E-state index contributed by atoms with van der Waals surface area (Å²) in [6.07, 6.45) is 10.6. The molecule has 1 amide bonds. The normalized spacial score (nSPS) is 37.2. The predicted molar refractivity (Wildman–Crippen MR) is 214 cm³/mol. The number of morpholine rings is 1. The highest BCUT2D eigenvalue weighted by Gasteiger charge is 2.50. The van der Waals surface area contributed by atoms with Crippen molar-refractivity contribution in [3.8, 4) is 5.75 Å². The van der Waals surface area contributed by atoms with E-state index in [1.54, 1.807) is 6.07 Å². The summed E-state index contributed by atoms with van der Waals surface area (Å²) in [7, 11) is -1.07. The van der Waals surface area contributed by atoms with E-state index in [-0.39, 0.29) is 22.5 Å². The maximum Gasteiger partial charge on any atom is 0.262 e. The molecule has 8 rings (SSSR count). The third-order valence-corrected chi connectivity index (χ3v) is 16.2. The summed E-state index contributed by atoms with van der Waals surface area (Å²) >= 11 is 6.53. The fraction of sp³-hybridized carbons (Fsp3) is 0.619. The molecule has 2 aliphatic carbocycles. The number of fused-ring (bicyclic) bond motifs is 5. The van der Waals surface area contributed by atoms with Crippen LogP contribution in [0.1, 0.15) is 67.4 Å². The number of allylic oxidation sites excluding steroid dienone is 1. The molecule has 2 saturated heterocycles. The highest BCUT2D eigenvalue weighted by molar-refractivity contribution is 7.99. The van der Waals surface area contributed by atoms with E-state index in [0.29, 0.717) is 36.5 Å². The number of piperazine rings is 1. The van der Waals surface area contributed by atoms with Crippen molar-refractivity contribution in [1.29, 1.82) is 0 Å². The Balaban J connectivity index is 1.19. The second kappa shape index (κ2) is 14.8. The van der Waals surface area contributed by atoms with E-state index in [9.17, 15) is 9.00 Å². The lowest BCUT2D eigenvalue weighted by Crippen LogP contribution is -2.62. The molecule has 3 fully saturated rings. The van der Waals surface area contributed by atoms with E-state index in [0.717, 1.165) is 108 Å². The zero-order chi connectivity index (χ0) is 37.0. The number of methoxy groups -OCH3 is 1. The van der Waals surface area contributed by atoms with Gasteiger partial charge in [0, 0.05) is 80.2 Å². The Labute approximate surface area is 321 Å². The van der Waals surface area contributed by atoms with Gasteiger partial charge in [-0.3, -0.25) is 19.3 Å². The highest BCUT2D eigenvalue weighted by atomic mass is 35.5. The number of hydrogen-bond acceptors (Lipinski definition) is 8. The van der Waals surface area contributed by atoms with Gasteiger partial charge in [-0.1, -0.05) is 36.7 Å². The maximum atomic E-state index is 14.1. The molecule has 2 bridgehead atoms. The van der Waals surface area contributed by atoms with Gasteiger partial charge in [-0.2, -0.15) is 0 Å². The first kappa shape index (κ1) is 37.3. The third kappa shape index (κ3) is 7.17. The van der Waals surface area contributed by atoms with Crippen LogP contribution in [0.5, 0.6) is 5.75 Å². The molecule has 2 aromatic rings. The lowest BCUT2D eigenvalue weighted by molar-refractivity contribution is -0.108. The molecule has 4 aliphatic heterocycles. The van der Waals surface area contributed by atoms with Crippen molar-refractivity contribution in [3.05, 3.63) is 70.3 Å². The Hall–Kier alpha value is -2.60. The first-order chi connectivity index (χ1) is 25.5. The van der Waals surface area contributed by atoms with Gasteiger partial charge in [0.15, 0.2) is 0 Å². The van der Waals surface area contributed by atoms with Gasteiger partial charge in [-0.15, -0.1) is 0 Å². The van der Waals surface area contributed by atoms with Crippen LogP contribution in [-0.2, 0) is 31.0 Å². The number of carbonyl (C=O) groups excluding carboxylic acids is 1. The molecule has 1 N–H and O–H groups in total. The van der Waals surface area contributed by atoms with Crippen molar-refractivity contribution in [3.63, 3.8) is 0 Å². The predicted octanol–water partition coefficient (Wildman–Crippen LogP) is 5.59. The zero-order valence-electron chi connectivity index (χ0n) is 31.7. The molecule has 53 heavy (non-hydrogen) atoms. The van der Waals surface area contributed by atoms with Crippen molar-refractivity contribution in [2.45, 2.75) is 74.7 Å². The van der Waals surface area contributed by atoms with Crippen LogP contribution in [0.2, 0.25) is 5.02 Å². The van der Waals surface area contributed by atoms with Gasteiger partial charge in [0.25, 0.3) is 5.91 Å². The first-order valence-electron chi connectivity index (χ1n) is 19.7. The summed E-state index contributed by atoms with van der Waals surface area (Å²) in [5.41, 5.74) is 3.28. The van der Waals surface area contributed by atoms with Crippen LogP contribution in [0.25, 0.3) is 0 Å². The number of aryl methyl sites for hydroxylation is 1. The van der Waals surface area contributed by atoms with Crippen molar-refractivity contribution in [1.82, 2.24) is 14.5 Å². The number of hydrogen-bond donors (Lipinski definition) is 1. The number of amides is 1. The molecule has 4 heterocycles. The molecule has 9 nitrogen and oxygen atoms in total. The molecule has 1 saturated carbocycles. The molecule has 8 atom stereocenters. The minimum Gasteiger partial charge on any atom is -0.490 e. The standard InChI is InChI=1S/C42H57ClN4O5S/c1-29-7-5-16-42(50-3,27-45-17-18-46-19-20-51-25-35(46)24-45)37-12-9-33(37)23-47-26-41(15-6-8-31-21-34(43)11-13-36(31)41)28-52-39-14-10-32(22-38(39)47)40(48)44-53(4,49)30(29)2/h5,10-11,13-14,16,21-22,29-30,33,35,37H,4,6-9,12,15,17-20,23-28H2,1-3H3,(H,44,48,49)/b16-5+/t29-,30+,33-,35-,37+,41-,42+,53?/m0/s1. The summed E-state index contributed by atoms with van der Waals surface area (Å²) in [5.74, 6) is 5.19. The molecular weight excluding hydrogens is 708 g/mol. The number of anilines is 1. The van der Waals surface area contributed by atoms with Gasteiger partial charge in [0.2, 0.25) is 0 Å². The lowest BCUT2D eigenvalue weighted by atomic mass is 9.63. The van der Waals surface area contributed by atoms with Crippen molar-refractivity contribution < 1.29 is 23.2 Å². The summed E-state index contributed by atoms with van der Waals surface area (Å²) in [5, 5.41) is 0.431. The van der Waals surface area contributed by atoms with E-state index < -0.39 is 15.3 Å². The smallest absolute Gasteiger partial charge is 0.262 e. The Morgan fingerprint density at radius 3 is 2.79 bits per heavy atom. The summed E-state index contributed by atoms with van der Waals surface area (Å²) < 4.78 is 36.4. The van der Waals surface area contributed by atoms with E-state index in [1.807, 2.05) is 32.2 Å². The fourth-order valence-corrected chi connectivity index (χ4v) is 11.9. The fourth-order valence-electron chi connectivity index (χ4n) is 10.2. The van der Waals surface area contributed by atoms with Gasteiger partial charge in [0.1, 0.15) is 11.4 Å². The second-order valence-electron chi connectivity index (χ2n) is 16.9. The zero-order valence-corrected chi connectivity index (χ0v) is 33.3. The van der Waals surface area contributed by atoms with Gasteiger partial charge >= 0.3 is 0 Å². The number of nitrogens with one attached hydrogen (secondary N) is 1. The SMILES string of the molecule is C=S1(=O)NC(=O)c2ccc3c(c2)N(C[C@@H]2CC[C@H]2[C@@](CN2CCN4CCOC[C@@H]4C2)(OC)/C=C/C[C@H](C)[C@H]1C)C[C@@]1(CCCc2cc(Cl)ccc21)CO3. The third-order valence-electron chi connectivity index (χ3n) is 13.7. The minimum absolute atomic E-state index is 0.0273. The van der Waals surface area contributed by atoms with Gasteiger partial charge < -0.3 is 19.1 Å². The summed E-state index contributed by atoms with van der Waals surface area (Å²) in [6, 6.07) is 12.4. The van der Waals surface area contributed by atoms with Crippen LogP contribution in [0.3, 0.4) is 0 Å². The number of rotatable bonds is 3. The summed E-state index contributed by atoms with van der Waals surface area (Å²) in [4.78, 5) is 21.5. The monoisotopic (exact) mass is 764 g/mol. The van der Waals surface area contributed by atoms with Gasteiger partial charge in [-0.25, -0.2) is 4.21 Å². The van der Waals surface area contributed by atoms with Gasteiger partial charge in [0.05, 0.1) is 35.2 Å². The second-order valence-corrected chi connectivity index (χ2v) is 19.7. The quantitative estimate of drug-likeness (QED) is 0.321. The first-order valence-corrected chi connectivity index (χ1v) is 21.9.